The molecular formula is C12H13BrO2. The van der Waals surface area contributed by atoms with E-state index in [9.17, 15) is 4.79 Å². The molecule has 0 radical (unpaired) electrons. The predicted octanol–water partition coefficient (Wildman–Crippen LogP) is 3.11. The molecule has 1 aromatic carbocycles. The van der Waals surface area contributed by atoms with E-state index < -0.39 is 5.97 Å². The number of benzene rings is 1. The first-order valence-corrected chi connectivity index (χ1v) is 5.88. The molecule has 0 aliphatic carbocycles. The molecule has 0 heterocycles. The summed E-state index contributed by atoms with van der Waals surface area (Å²) >= 11 is 3.15. The number of aryl methyl sites for hydroxylation is 1. The highest BCUT2D eigenvalue weighted by molar-refractivity contribution is 9.09. The van der Waals surface area contributed by atoms with Crippen molar-refractivity contribution in [2.24, 2.45) is 0 Å². The summed E-state index contributed by atoms with van der Waals surface area (Å²) in [7, 11) is 0. The first-order chi connectivity index (χ1) is 7.17. The van der Waals surface area contributed by atoms with Crippen molar-refractivity contribution < 1.29 is 9.90 Å². The van der Waals surface area contributed by atoms with E-state index in [1.54, 1.807) is 6.08 Å². The molecule has 0 spiro atoms. The lowest BCUT2D eigenvalue weighted by atomic mass is 10.1. The zero-order valence-corrected chi connectivity index (χ0v) is 10.1. The van der Waals surface area contributed by atoms with Crippen LogP contribution in [0.4, 0.5) is 0 Å². The summed E-state index contributed by atoms with van der Waals surface area (Å²) in [6.07, 6.45) is 2.67. The van der Waals surface area contributed by atoms with E-state index in [2.05, 4.69) is 22.9 Å². The van der Waals surface area contributed by atoms with Crippen molar-refractivity contribution in [2.75, 3.05) is 5.33 Å². The highest BCUT2D eigenvalue weighted by atomic mass is 79.9. The molecule has 0 unspecified atom stereocenters. The highest BCUT2D eigenvalue weighted by Gasteiger charge is 2.04. The second kappa shape index (κ2) is 5.71. The fourth-order valence-electron chi connectivity index (χ4n) is 1.21. The molecule has 3 heteroatoms. The van der Waals surface area contributed by atoms with E-state index in [0.29, 0.717) is 10.9 Å². The Bertz CT molecular complexity index is 366. The summed E-state index contributed by atoms with van der Waals surface area (Å²) in [6, 6.07) is 7.90. The molecule has 0 saturated heterocycles. The smallest absolute Gasteiger partial charge is 0.332 e. The molecule has 0 fully saturated rings. The number of rotatable bonds is 4. The lowest BCUT2D eigenvalue weighted by molar-refractivity contribution is -0.132. The summed E-state index contributed by atoms with van der Waals surface area (Å²) in [5.74, 6) is -0.883. The van der Waals surface area contributed by atoms with Gasteiger partial charge in [-0.3, -0.25) is 0 Å². The second-order valence-electron chi connectivity index (χ2n) is 3.20. The Morgan fingerprint density at radius 1 is 1.40 bits per heavy atom. The molecule has 0 aliphatic rings. The van der Waals surface area contributed by atoms with Gasteiger partial charge >= 0.3 is 5.97 Å². The quantitative estimate of drug-likeness (QED) is 0.673. The van der Waals surface area contributed by atoms with Crippen molar-refractivity contribution in [1.29, 1.82) is 0 Å². The Morgan fingerprint density at radius 3 is 2.40 bits per heavy atom. The summed E-state index contributed by atoms with van der Waals surface area (Å²) in [5, 5.41) is 9.20. The minimum Gasteiger partial charge on any atom is -0.478 e. The zero-order valence-electron chi connectivity index (χ0n) is 8.53. The van der Waals surface area contributed by atoms with E-state index in [0.717, 1.165) is 12.0 Å². The molecule has 0 amide bonds. The maximum absolute atomic E-state index is 10.8. The zero-order chi connectivity index (χ0) is 11.3. The molecule has 1 rings (SSSR count). The lowest BCUT2D eigenvalue weighted by Gasteiger charge is -1.99. The average Bonchev–Trinajstić information content (AvgIpc) is 2.26. The Balaban J connectivity index is 2.92. The molecule has 15 heavy (non-hydrogen) atoms. The Kier molecular flexibility index (Phi) is 4.56. The van der Waals surface area contributed by atoms with Gasteiger partial charge in [-0.15, -0.1) is 0 Å². The van der Waals surface area contributed by atoms with E-state index in [-0.39, 0.29) is 0 Å². The van der Waals surface area contributed by atoms with E-state index in [4.69, 9.17) is 5.11 Å². The number of halogens is 1. The molecule has 0 bridgehead atoms. The molecule has 2 nitrogen and oxygen atoms in total. The number of carbonyl (C=O) groups is 1. The third kappa shape index (κ3) is 3.51. The Morgan fingerprint density at radius 2 is 2.00 bits per heavy atom. The van der Waals surface area contributed by atoms with Gasteiger partial charge in [-0.05, 0) is 23.6 Å². The maximum Gasteiger partial charge on any atom is 0.332 e. The number of hydrogen-bond acceptors (Lipinski definition) is 1. The van der Waals surface area contributed by atoms with Crippen LogP contribution >= 0.6 is 15.9 Å². The molecule has 1 N–H and O–H groups in total. The molecule has 0 aliphatic heterocycles. The van der Waals surface area contributed by atoms with Gasteiger partial charge in [0, 0.05) is 10.9 Å². The molecule has 0 atom stereocenters. The molecule has 0 saturated carbocycles. The highest BCUT2D eigenvalue weighted by Crippen LogP contribution is 2.11. The van der Waals surface area contributed by atoms with Crippen LogP contribution in [0.25, 0.3) is 6.08 Å². The SMILES string of the molecule is CCc1ccc(C=C(CBr)C(=O)O)cc1. The van der Waals surface area contributed by atoms with Crippen LogP contribution in [0.15, 0.2) is 29.8 Å². The van der Waals surface area contributed by atoms with Gasteiger partial charge in [0.15, 0.2) is 0 Å². The Labute approximate surface area is 97.8 Å². The van der Waals surface area contributed by atoms with Gasteiger partial charge < -0.3 is 5.11 Å². The molecular weight excluding hydrogens is 256 g/mol. The van der Waals surface area contributed by atoms with Gasteiger partial charge in [0.25, 0.3) is 0 Å². The normalized spacial score (nSPS) is 11.5. The van der Waals surface area contributed by atoms with E-state index >= 15 is 0 Å². The van der Waals surface area contributed by atoms with Gasteiger partial charge in [-0.2, -0.15) is 0 Å². The average molecular weight is 269 g/mol. The fourth-order valence-corrected chi connectivity index (χ4v) is 1.61. The monoisotopic (exact) mass is 268 g/mol. The van der Waals surface area contributed by atoms with Crippen molar-refractivity contribution in [3.63, 3.8) is 0 Å². The number of carboxylic acid groups (broad SMARTS) is 1. The van der Waals surface area contributed by atoms with Crippen LogP contribution in [0.5, 0.6) is 0 Å². The lowest BCUT2D eigenvalue weighted by Crippen LogP contribution is -2.00. The minimum absolute atomic E-state index is 0.359. The number of aliphatic carboxylic acids is 1. The predicted molar refractivity (Wildman–Crippen MR) is 65.2 cm³/mol. The largest absolute Gasteiger partial charge is 0.478 e. The Hall–Kier alpha value is -1.09. The van der Waals surface area contributed by atoms with Crippen LogP contribution in [0.1, 0.15) is 18.1 Å². The van der Waals surface area contributed by atoms with Gasteiger partial charge in [0.05, 0.1) is 0 Å². The molecule has 80 valence electrons. The fraction of sp³-hybridized carbons (Fsp3) is 0.250. The third-order valence-corrected chi connectivity index (χ3v) is 2.75. The summed E-state index contributed by atoms with van der Waals surface area (Å²) in [5.41, 5.74) is 2.53. The van der Waals surface area contributed by atoms with Crippen molar-refractivity contribution >= 4 is 28.0 Å². The van der Waals surface area contributed by atoms with E-state index in [1.807, 2.05) is 24.3 Å². The number of carboxylic acids is 1. The van der Waals surface area contributed by atoms with Crippen LogP contribution in [0, 0.1) is 0 Å². The van der Waals surface area contributed by atoms with Gasteiger partial charge in [0.2, 0.25) is 0 Å². The maximum atomic E-state index is 10.8. The second-order valence-corrected chi connectivity index (χ2v) is 3.76. The molecule has 1 aromatic rings. The first kappa shape index (κ1) is 12.0. The standard InChI is InChI=1S/C12H13BrO2/c1-2-9-3-5-10(6-4-9)7-11(8-13)12(14)15/h3-7H,2,8H2,1H3,(H,14,15). The number of hydrogen-bond donors (Lipinski definition) is 1. The van der Waals surface area contributed by atoms with Crippen molar-refractivity contribution in [3.05, 3.63) is 41.0 Å². The van der Waals surface area contributed by atoms with Gasteiger partial charge in [-0.1, -0.05) is 47.1 Å². The van der Waals surface area contributed by atoms with Crippen LogP contribution in [0.2, 0.25) is 0 Å². The summed E-state index contributed by atoms with van der Waals surface area (Å²) in [4.78, 5) is 10.8. The molecule has 0 aromatic heterocycles. The summed E-state index contributed by atoms with van der Waals surface area (Å²) < 4.78 is 0. The van der Waals surface area contributed by atoms with Crippen LogP contribution in [-0.2, 0) is 11.2 Å². The van der Waals surface area contributed by atoms with Crippen LogP contribution in [-0.4, -0.2) is 16.4 Å². The van der Waals surface area contributed by atoms with E-state index in [1.165, 1.54) is 5.56 Å². The van der Waals surface area contributed by atoms with Gasteiger partial charge in [-0.25, -0.2) is 4.79 Å². The van der Waals surface area contributed by atoms with Crippen molar-refractivity contribution in [3.8, 4) is 0 Å². The van der Waals surface area contributed by atoms with Gasteiger partial charge in [0.1, 0.15) is 0 Å². The first-order valence-electron chi connectivity index (χ1n) is 4.76. The summed E-state index contributed by atoms with van der Waals surface area (Å²) in [6.45, 7) is 2.09. The van der Waals surface area contributed by atoms with Crippen LogP contribution < -0.4 is 0 Å². The number of alkyl halides is 1. The minimum atomic E-state index is -0.883. The van der Waals surface area contributed by atoms with Crippen LogP contribution in [0.3, 0.4) is 0 Å². The van der Waals surface area contributed by atoms with Crippen molar-refractivity contribution in [1.82, 2.24) is 0 Å². The van der Waals surface area contributed by atoms with Crippen molar-refractivity contribution in [2.45, 2.75) is 13.3 Å². The topological polar surface area (TPSA) is 37.3 Å². The third-order valence-electron chi connectivity index (χ3n) is 2.15.